The first-order chi connectivity index (χ1) is 19.1. The van der Waals surface area contributed by atoms with Crippen molar-refractivity contribution >= 4 is 39.9 Å². The third-order valence-electron chi connectivity index (χ3n) is 6.96. The first kappa shape index (κ1) is 28.7. The number of rotatable bonds is 8. The summed E-state index contributed by atoms with van der Waals surface area (Å²) < 4.78 is 66.3. The topological polar surface area (TPSA) is 145 Å². The maximum absolute atomic E-state index is 13.6. The van der Waals surface area contributed by atoms with E-state index in [2.05, 4.69) is 30.4 Å². The van der Waals surface area contributed by atoms with E-state index < -0.39 is 41.8 Å². The lowest BCUT2D eigenvalue weighted by molar-refractivity contribution is -0.285. The summed E-state index contributed by atoms with van der Waals surface area (Å²) in [5.41, 5.74) is 5.71. The highest BCUT2D eigenvalue weighted by atomic mass is 32.1. The number of carbonyl (C=O) groups excluding carboxylic acids is 1. The molecular weight excluding hydrogens is 571 g/mol. The SMILES string of the molecule is CC(C)(CO)Cc1csc([C@]2(C)C(=O)Nc3nc(-c4nn(CCC(F)(F)C(F)(F)F)c5ncccc45)nc(N)c32)n1. The second-order valence-corrected chi connectivity index (χ2v) is 11.6. The summed E-state index contributed by atoms with van der Waals surface area (Å²) in [5.74, 6) is -5.40. The number of amides is 1. The third kappa shape index (κ3) is 4.88. The molecule has 4 aromatic rings. The number of anilines is 2. The first-order valence-electron chi connectivity index (χ1n) is 12.4. The predicted molar refractivity (Wildman–Crippen MR) is 140 cm³/mol. The summed E-state index contributed by atoms with van der Waals surface area (Å²) in [6.07, 6.45) is -5.42. The standard InChI is InChI=1S/C25H25F5N8O2S/c1-22(2,11-39)9-12-10-41-21(33-12)23(3)14-16(31)34-18(35-17(14)36-20(23)40)15-13-5-4-7-32-19(13)38(37-15)8-6-24(26,27)25(28,29)30/h4-5,7,10,39H,6,8-9,11H2,1-3H3,(H3,31,34,35,36,40)/t23-/m0/s1. The lowest BCUT2D eigenvalue weighted by Gasteiger charge is -2.21. The predicted octanol–water partition coefficient (Wildman–Crippen LogP) is 4.33. The van der Waals surface area contributed by atoms with Crippen LogP contribution < -0.4 is 11.1 Å². The molecule has 0 fully saturated rings. The van der Waals surface area contributed by atoms with Gasteiger partial charge in [0.1, 0.15) is 27.8 Å². The molecule has 0 radical (unpaired) electrons. The largest absolute Gasteiger partial charge is 0.453 e. The maximum Gasteiger partial charge on any atom is 0.453 e. The summed E-state index contributed by atoms with van der Waals surface area (Å²) in [6.45, 7) is 4.59. The zero-order valence-corrected chi connectivity index (χ0v) is 22.9. The highest BCUT2D eigenvalue weighted by Crippen LogP contribution is 2.46. The van der Waals surface area contributed by atoms with Gasteiger partial charge in [-0.25, -0.2) is 24.6 Å². The number of thiazole rings is 1. The van der Waals surface area contributed by atoms with Crippen molar-refractivity contribution in [1.29, 1.82) is 0 Å². The normalized spacial score (nSPS) is 17.7. The molecule has 0 saturated heterocycles. The maximum atomic E-state index is 13.6. The molecule has 0 spiro atoms. The first-order valence-corrected chi connectivity index (χ1v) is 13.3. The van der Waals surface area contributed by atoms with Crippen molar-refractivity contribution in [2.45, 2.75) is 57.7 Å². The fraction of sp³-hybridized carbons (Fsp3) is 0.440. The average molecular weight is 597 g/mol. The Kier molecular flexibility index (Phi) is 6.76. The number of aromatic nitrogens is 6. The minimum atomic E-state index is -5.71. The zero-order valence-electron chi connectivity index (χ0n) is 22.1. The number of hydrogen-bond acceptors (Lipinski definition) is 9. The van der Waals surface area contributed by atoms with Crippen molar-refractivity contribution < 1.29 is 31.9 Å². The number of hydrogen-bond donors (Lipinski definition) is 3. The van der Waals surface area contributed by atoms with Crippen LogP contribution in [0.1, 0.15) is 43.5 Å². The summed E-state index contributed by atoms with van der Waals surface area (Å²) in [5, 5.41) is 19.1. The molecule has 0 aliphatic carbocycles. The molecule has 4 N–H and O–H groups in total. The van der Waals surface area contributed by atoms with Crippen LogP contribution in [-0.2, 0) is 23.2 Å². The molecule has 0 unspecified atom stereocenters. The van der Waals surface area contributed by atoms with E-state index in [0.717, 1.165) is 4.68 Å². The Labute approximate surface area is 233 Å². The number of pyridine rings is 1. The number of aryl methyl sites for hydroxylation is 1. The molecule has 1 atom stereocenters. The second-order valence-electron chi connectivity index (χ2n) is 10.8. The third-order valence-corrected chi connectivity index (χ3v) is 8.07. The summed E-state index contributed by atoms with van der Waals surface area (Å²) in [7, 11) is 0. The quantitative estimate of drug-likeness (QED) is 0.255. The van der Waals surface area contributed by atoms with Gasteiger partial charge in [-0.1, -0.05) is 13.8 Å². The number of carbonyl (C=O) groups is 1. The van der Waals surface area contributed by atoms with Crippen LogP contribution in [0.4, 0.5) is 33.6 Å². The lowest BCUT2D eigenvalue weighted by atomic mass is 9.85. The molecule has 1 aliphatic heterocycles. The Morgan fingerprint density at radius 3 is 2.59 bits per heavy atom. The molecule has 1 aliphatic rings. The summed E-state index contributed by atoms with van der Waals surface area (Å²) >= 11 is 1.26. The number of nitrogens with two attached hydrogens (primary N) is 1. The monoisotopic (exact) mass is 596 g/mol. The van der Waals surface area contributed by atoms with Crippen LogP contribution in [0.2, 0.25) is 0 Å². The van der Waals surface area contributed by atoms with Gasteiger partial charge in [-0.15, -0.1) is 11.3 Å². The molecule has 10 nitrogen and oxygen atoms in total. The Balaban J connectivity index is 1.53. The number of nitrogens with one attached hydrogen (secondary N) is 1. The van der Waals surface area contributed by atoms with Crippen LogP contribution in [0.15, 0.2) is 23.7 Å². The summed E-state index contributed by atoms with van der Waals surface area (Å²) in [6, 6.07) is 3.08. The van der Waals surface area contributed by atoms with E-state index in [4.69, 9.17) is 5.73 Å². The van der Waals surface area contributed by atoms with Crippen molar-refractivity contribution in [2.24, 2.45) is 5.41 Å². The van der Waals surface area contributed by atoms with Gasteiger partial charge in [0, 0.05) is 31.1 Å². The van der Waals surface area contributed by atoms with Crippen LogP contribution in [0.5, 0.6) is 0 Å². The van der Waals surface area contributed by atoms with Gasteiger partial charge in [0.25, 0.3) is 0 Å². The van der Waals surface area contributed by atoms with Gasteiger partial charge in [0.2, 0.25) is 5.91 Å². The Morgan fingerprint density at radius 1 is 1.17 bits per heavy atom. The van der Waals surface area contributed by atoms with Crippen LogP contribution in [0.3, 0.4) is 0 Å². The Bertz CT molecular complexity index is 1650. The van der Waals surface area contributed by atoms with Crippen molar-refractivity contribution in [3.8, 4) is 11.5 Å². The molecule has 0 saturated carbocycles. The summed E-state index contributed by atoms with van der Waals surface area (Å²) in [4.78, 5) is 30.8. The van der Waals surface area contributed by atoms with E-state index in [1.807, 2.05) is 19.2 Å². The number of nitrogens with zero attached hydrogens (tertiary/aromatic N) is 6. The van der Waals surface area contributed by atoms with E-state index in [9.17, 15) is 31.9 Å². The molecule has 16 heteroatoms. The number of aliphatic hydroxyl groups excluding tert-OH is 1. The van der Waals surface area contributed by atoms with Gasteiger partial charge in [-0.05, 0) is 30.9 Å². The van der Waals surface area contributed by atoms with E-state index in [1.165, 1.54) is 23.6 Å². The number of nitrogen functional groups attached to an aromatic ring is 1. The van der Waals surface area contributed by atoms with Gasteiger partial charge in [-0.2, -0.15) is 27.1 Å². The molecule has 41 heavy (non-hydrogen) atoms. The molecule has 218 valence electrons. The molecule has 5 heterocycles. The van der Waals surface area contributed by atoms with E-state index in [-0.39, 0.29) is 35.4 Å². The second kappa shape index (κ2) is 9.65. The average Bonchev–Trinajstić information content (AvgIpc) is 3.57. The van der Waals surface area contributed by atoms with Crippen molar-refractivity contribution in [3.63, 3.8) is 0 Å². The van der Waals surface area contributed by atoms with Crippen LogP contribution in [0.25, 0.3) is 22.6 Å². The Hall–Kier alpha value is -3.79. The van der Waals surface area contributed by atoms with E-state index in [1.54, 1.807) is 13.0 Å². The molecule has 0 aromatic carbocycles. The minimum Gasteiger partial charge on any atom is -0.396 e. The fourth-order valence-corrected chi connectivity index (χ4v) is 5.58. The van der Waals surface area contributed by atoms with Crippen LogP contribution >= 0.6 is 11.3 Å². The highest BCUT2D eigenvalue weighted by Gasteiger charge is 2.57. The van der Waals surface area contributed by atoms with Crippen LogP contribution in [-0.4, -0.2) is 59.4 Å². The van der Waals surface area contributed by atoms with Gasteiger partial charge >= 0.3 is 12.1 Å². The van der Waals surface area contributed by atoms with Crippen molar-refractivity contribution in [3.05, 3.63) is 40.0 Å². The van der Waals surface area contributed by atoms with Crippen molar-refractivity contribution in [1.82, 2.24) is 29.7 Å². The van der Waals surface area contributed by atoms with Gasteiger partial charge in [0.05, 0.1) is 16.6 Å². The number of aliphatic hydroxyl groups is 1. The molecule has 5 rings (SSSR count). The smallest absolute Gasteiger partial charge is 0.396 e. The molecule has 1 amide bonds. The minimum absolute atomic E-state index is 0.0450. The lowest BCUT2D eigenvalue weighted by Crippen LogP contribution is -2.37. The van der Waals surface area contributed by atoms with E-state index >= 15 is 0 Å². The van der Waals surface area contributed by atoms with Crippen LogP contribution in [0, 0.1) is 5.41 Å². The zero-order chi connectivity index (χ0) is 30.0. The Morgan fingerprint density at radius 2 is 1.90 bits per heavy atom. The van der Waals surface area contributed by atoms with Gasteiger partial charge in [-0.3, -0.25) is 4.79 Å². The number of halogens is 5. The molecule has 0 bridgehead atoms. The van der Waals surface area contributed by atoms with Gasteiger partial charge < -0.3 is 16.2 Å². The molecular formula is C25H25F5N8O2S. The fourth-order valence-electron chi connectivity index (χ4n) is 4.60. The number of alkyl halides is 5. The number of fused-ring (bicyclic) bond motifs is 2. The molecule has 4 aromatic heterocycles. The van der Waals surface area contributed by atoms with Gasteiger partial charge in [0.15, 0.2) is 11.5 Å². The highest BCUT2D eigenvalue weighted by molar-refractivity contribution is 7.10. The van der Waals surface area contributed by atoms with E-state index in [0.29, 0.717) is 28.1 Å². The van der Waals surface area contributed by atoms with Crippen molar-refractivity contribution in [2.75, 3.05) is 17.7 Å².